The van der Waals surface area contributed by atoms with Crippen LogP contribution in [-0.2, 0) is 0 Å². The summed E-state index contributed by atoms with van der Waals surface area (Å²) in [5.74, 6) is 0. The first kappa shape index (κ1) is 11.5. The number of hydrogen-bond donors (Lipinski definition) is 1. The molecule has 1 aromatic heterocycles. The second kappa shape index (κ2) is 4.25. The molecule has 2 heterocycles. The van der Waals surface area contributed by atoms with Gasteiger partial charge in [0.15, 0.2) is 0 Å². The normalized spacial score (nSPS) is 19.1. The minimum atomic E-state index is 0.183. The van der Waals surface area contributed by atoms with Crippen molar-refractivity contribution in [3.8, 4) is 0 Å². The van der Waals surface area contributed by atoms with Gasteiger partial charge in [0.25, 0.3) is 0 Å². The Kier molecular flexibility index (Phi) is 2.71. The van der Waals surface area contributed by atoms with E-state index in [9.17, 15) is 0 Å². The van der Waals surface area contributed by atoms with E-state index in [-0.39, 0.29) is 5.54 Å². The first-order valence-corrected chi connectivity index (χ1v) is 6.49. The van der Waals surface area contributed by atoms with Gasteiger partial charge in [0.2, 0.25) is 0 Å². The number of benzene rings is 1. The number of nitrogens with one attached hydrogen (secondary N) is 1. The molecule has 18 heavy (non-hydrogen) atoms. The van der Waals surface area contributed by atoms with Crippen molar-refractivity contribution >= 4 is 16.6 Å². The van der Waals surface area contributed by atoms with E-state index in [4.69, 9.17) is 0 Å². The van der Waals surface area contributed by atoms with Gasteiger partial charge in [0, 0.05) is 42.4 Å². The molecule has 2 aromatic rings. The van der Waals surface area contributed by atoms with Crippen molar-refractivity contribution < 1.29 is 0 Å². The van der Waals surface area contributed by atoms with E-state index in [0.29, 0.717) is 0 Å². The first-order valence-electron chi connectivity index (χ1n) is 6.49. The molecule has 0 unspecified atom stereocenters. The summed E-state index contributed by atoms with van der Waals surface area (Å²) in [6.45, 7) is 7.65. The number of hydrogen-bond acceptors (Lipinski definition) is 3. The molecule has 0 atom stereocenters. The van der Waals surface area contributed by atoms with E-state index in [1.807, 2.05) is 12.3 Å². The van der Waals surface area contributed by atoms with Crippen molar-refractivity contribution in [2.75, 3.05) is 24.5 Å². The number of rotatable bonds is 1. The smallest absolute Gasteiger partial charge is 0.0703 e. The summed E-state index contributed by atoms with van der Waals surface area (Å²) in [5.41, 5.74) is 2.54. The van der Waals surface area contributed by atoms with Crippen LogP contribution >= 0.6 is 0 Å². The zero-order valence-electron chi connectivity index (χ0n) is 11.0. The third kappa shape index (κ3) is 2.18. The molecule has 1 aliphatic heterocycles. The van der Waals surface area contributed by atoms with Crippen LogP contribution in [-0.4, -0.2) is 30.2 Å². The van der Waals surface area contributed by atoms with Crippen LogP contribution in [0.3, 0.4) is 0 Å². The Morgan fingerprint density at radius 2 is 2.17 bits per heavy atom. The number of anilines is 1. The molecule has 94 valence electrons. The lowest BCUT2D eigenvalue weighted by molar-refractivity contribution is 0.353. The van der Waals surface area contributed by atoms with Gasteiger partial charge in [-0.2, -0.15) is 0 Å². The highest BCUT2D eigenvalue weighted by Gasteiger charge is 2.25. The Morgan fingerprint density at radius 3 is 3.00 bits per heavy atom. The minimum Gasteiger partial charge on any atom is -0.368 e. The monoisotopic (exact) mass is 241 g/mol. The Morgan fingerprint density at radius 1 is 1.28 bits per heavy atom. The highest BCUT2D eigenvalue weighted by Crippen LogP contribution is 2.23. The molecule has 1 fully saturated rings. The van der Waals surface area contributed by atoms with Crippen molar-refractivity contribution in [3.05, 3.63) is 36.5 Å². The molecular formula is C15H19N3. The van der Waals surface area contributed by atoms with Gasteiger partial charge in [-0.15, -0.1) is 0 Å². The van der Waals surface area contributed by atoms with Crippen molar-refractivity contribution in [1.82, 2.24) is 10.3 Å². The summed E-state index contributed by atoms with van der Waals surface area (Å²) < 4.78 is 0. The average molecular weight is 241 g/mol. The fourth-order valence-electron chi connectivity index (χ4n) is 2.62. The van der Waals surface area contributed by atoms with Crippen molar-refractivity contribution in [2.45, 2.75) is 19.4 Å². The van der Waals surface area contributed by atoms with E-state index < -0.39 is 0 Å². The van der Waals surface area contributed by atoms with Crippen LogP contribution in [0.2, 0.25) is 0 Å². The summed E-state index contributed by atoms with van der Waals surface area (Å²) in [6.07, 6.45) is 1.84. The summed E-state index contributed by atoms with van der Waals surface area (Å²) >= 11 is 0. The Hall–Kier alpha value is -1.61. The van der Waals surface area contributed by atoms with Gasteiger partial charge in [-0.3, -0.25) is 4.98 Å². The molecule has 3 heteroatoms. The quantitative estimate of drug-likeness (QED) is 0.831. The zero-order valence-corrected chi connectivity index (χ0v) is 11.0. The molecule has 0 saturated carbocycles. The van der Waals surface area contributed by atoms with Crippen LogP contribution in [0.15, 0.2) is 36.5 Å². The topological polar surface area (TPSA) is 28.2 Å². The zero-order chi connectivity index (χ0) is 12.6. The molecular weight excluding hydrogens is 222 g/mol. The molecule has 3 nitrogen and oxygen atoms in total. The maximum Gasteiger partial charge on any atom is 0.0703 e. The lowest BCUT2D eigenvalue weighted by atomic mass is 10.0. The Labute approximate surface area is 108 Å². The molecule has 1 N–H and O–H groups in total. The van der Waals surface area contributed by atoms with Crippen LogP contribution in [0.4, 0.5) is 5.69 Å². The van der Waals surface area contributed by atoms with Crippen LogP contribution in [0, 0.1) is 0 Å². The maximum absolute atomic E-state index is 4.37. The molecule has 0 bridgehead atoms. The molecule has 3 rings (SSSR count). The largest absolute Gasteiger partial charge is 0.368 e. The number of nitrogens with zero attached hydrogens (tertiary/aromatic N) is 2. The van der Waals surface area contributed by atoms with Crippen LogP contribution in [0.5, 0.6) is 0 Å². The van der Waals surface area contributed by atoms with Gasteiger partial charge in [-0.05, 0) is 38.1 Å². The Balaban J connectivity index is 1.94. The second-order valence-corrected chi connectivity index (χ2v) is 5.61. The second-order valence-electron chi connectivity index (χ2n) is 5.61. The summed E-state index contributed by atoms with van der Waals surface area (Å²) in [7, 11) is 0. The Bertz CT molecular complexity index is 562. The minimum absolute atomic E-state index is 0.183. The first-order chi connectivity index (χ1) is 8.64. The highest BCUT2D eigenvalue weighted by molar-refractivity contribution is 5.82. The molecule has 0 spiro atoms. The van der Waals surface area contributed by atoms with Gasteiger partial charge in [-0.1, -0.05) is 6.07 Å². The summed E-state index contributed by atoms with van der Waals surface area (Å²) in [5, 5.41) is 4.76. The van der Waals surface area contributed by atoms with Crippen LogP contribution in [0.1, 0.15) is 13.8 Å². The standard InChI is InChI=1S/C15H19N3/c1-15(2)11-18(9-8-17-15)13-5-6-14-12(10-13)4-3-7-16-14/h3-7,10,17H,8-9,11H2,1-2H3. The van der Waals surface area contributed by atoms with E-state index in [2.05, 4.69) is 53.3 Å². The number of aromatic nitrogens is 1. The van der Waals surface area contributed by atoms with E-state index in [1.165, 1.54) is 11.1 Å². The highest BCUT2D eigenvalue weighted by atomic mass is 15.2. The molecule has 0 aliphatic carbocycles. The average Bonchev–Trinajstić information content (AvgIpc) is 2.37. The fourth-order valence-corrected chi connectivity index (χ4v) is 2.62. The molecule has 1 saturated heterocycles. The van der Waals surface area contributed by atoms with Crippen molar-refractivity contribution in [2.24, 2.45) is 0 Å². The molecule has 0 radical (unpaired) electrons. The van der Waals surface area contributed by atoms with E-state index in [1.54, 1.807) is 0 Å². The van der Waals surface area contributed by atoms with Crippen LogP contribution in [0.25, 0.3) is 10.9 Å². The van der Waals surface area contributed by atoms with Gasteiger partial charge >= 0.3 is 0 Å². The number of piperazine rings is 1. The van der Waals surface area contributed by atoms with Gasteiger partial charge < -0.3 is 10.2 Å². The fraction of sp³-hybridized carbons (Fsp3) is 0.400. The molecule has 0 amide bonds. The van der Waals surface area contributed by atoms with Crippen molar-refractivity contribution in [1.29, 1.82) is 0 Å². The number of fused-ring (bicyclic) bond motifs is 1. The molecule has 1 aromatic carbocycles. The number of pyridine rings is 1. The van der Waals surface area contributed by atoms with Gasteiger partial charge in [0.1, 0.15) is 0 Å². The third-order valence-corrected chi connectivity index (χ3v) is 3.52. The third-order valence-electron chi connectivity index (χ3n) is 3.52. The van der Waals surface area contributed by atoms with E-state index >= 15 is 0 Å². The maximum atomic E-state index is 4.37. The van der Waals surface area contributed by atoms with E-state index in [0.717, 1.165) is 25.2 Å². The summed E-state index contributed by atoms with van der Waals surface area (Å²) in [6, 6.07) is 10.6. The lowest BCUT2D eigenvalue weighted by Crippen LogP contribution is -2.57. The predicted octanol–water partition coefficient (Wildman–Crippen LogP) is 2.42. The van der Waals surface area contributed by atoms with Gasteiger partial charge in [0.05, 0.1) is 5.52 Å². The molecule has 1 aliphatic rings. The summed E-state index contributed by atoms with van der Waals surface area (Å²) in [4.78, 5) is 6.81. The van der Waals surface area contributed by atoms with Crippen molar-refractivity contribution in [3.63, 3.8) is 0 Å². The predicted molar refractivity (Wildman–Crippen MR) is 76.0 cm³/mol. The van der Waals surface area contributed by atoms with Crippen LogP contribution < -0.4 is 10.2 Å². The lowest BCUT2D eigenvalue weighted by Gasteiger charge is -2.40. The van der Waals surface area contributed by atoms with Gasteiger partial charge in [-0.25, -0.2) is 0 Å². The SMILES string of the molecule is CC1(C)CN(c2ccc3ncccc3c2)CCN1.